The molecule has 124 valence electrons. The second kappa shape index (κ2) is 6.96. The number of aromatic nitrogens is 1. The van der Waals surface area contributed by atoms with E-state index < -0.39 is 0 Å². The Balaban J connectivity index is 1.78. The fraction of sp³-hybridized carbons (Fsp3) is 0.526. The fourth-order valence-electron chi connectivity index (χ4n) is 3.75. The van der Waals surface area contributed by atoms with E-state index in [9.17, 15) is 4.79 Å². The zero-order chi connectivity index (χ0) is 16.4. The van der Waals surface area contributed by atoms with Crippen molar-refractivity contribution in [3.8, 4) is 0 Å². The number of amides is 1. The minimum absolute atomic E-state index is 0.0327. The summed E-state index contributed by atoms with van der Waals surface area (Å²) in [6.07, 6.45) is 9.67. The molecule has 0 atom stereocenters. The van der Waals surface area contributed by atoms with Gasteiger partial charge in [0.05, 0.1) is 11.1 Å². The summed E-state index contributed by atoms with van der Waals surface area (Å²) in [5.74, 6) is 0.664. The number of rotatable bonds is 3. The molecule has 0 aliphatic heterocycles. The molecule has 1 aliphatic carbocycles. The number of nitrogens with one attached hydrogen (secondary N) is 1. The second-order valence-corrected chi connectivity index (χ2v) is 7.27. The smallest absolute Gasteiger partial charge is 0.253 e. The maximum absolute atomic E-state index is 12.7. The minimum atomic E-state index is 0.0327. The first kappa shape index (κ1) is 16.4. The molecule has 1 heterocycles. The van der Waals surface area contributed by atoms with Crippen LogP contribution in [0, 0.1) is 12.8 Å². The Kier molecular flexibility index (Phi) is 4.96. The van der Waals surface area contributed by atoms with E-state index in [0.29, 0.717) is 10.9 Å². The van der Waals surface area contributed by atoms with Crippen LogP contribution in [-0.2, 0) is 7.05 Å². The van der Waals surface area contributed by atoms with Crippen molar-refractivity contribution in [2.75, 3.05) is 6.54 Å². The summed E-state index contributed by atoms with van der Waals surface area (Å²) in [6.45, 7) is 2.80. The van der Waals surface area contributed by atoms with E-state index in [0.717, 1.165) is 28.6 Å². The predicted molar refractivity (Wildman–Crippen MR) is 96.2 cm³/mol. The zero-order valence-corrected chi connectivity index (χ0v) is 14.7. The summed E-state index contributed by atoms with van der Waals surface area (Å²) in [4.78, 5) is 12.7. The van der Waals surface area contributed by atoms with Gasteiger partial charge in [0.1, 0.15) is 0 Å². The first-order valence-electron chi connectivity index (χ1n) is 8.59. The van der Waals surface area contributed by atoms with Crippen molar-refractivity contribution in [1.82, 2.24) is 9.88 Å². The third-order valence-electron chi connectivity index (χ3n) is 5.02. The van der Waals surface area contributed by atoms with Crippen LogP contribution in [0.3, 0.4) is 0 Å². The molecule has 4 heteroatoms. The summed E-state index contributed by atoms with van der Waals surface area (Å²) in [5, 5.41) is 4.88. The molecule has 2 aromatic rings. The Morgan fingerprint density at radius 2 is 1.96 bits per heavy atom. The number of nitrogens with zero attached hydrogens (tertiary/aromatic N) is 1. The summed E-state index contributed by atoms with van der Waals surface area (Å²) >= 11 is 6.15. The first-order valence-corrected chi connectivity index (χ1v) is 8.97. The number of hydrogen-bond donors (Lipinski definition) is 1. The van der Waals surface area contributed by atoms with Crippen molar-refractivity contribution in [2.24, 2.45) is 13.0 Å². The van der Waals surface area contributed by atoms with E-state index in [-0.39, 0.29) is 5.91 Å². The van der Waals surface area contributed by atoms with Crippen molar-refractivity contribution in [1.29, 1.82) is 0 Å². The maximum atomic E-state index is 12.7. The number of halogens is 1. The third kappa shape index (κ3) is 3.55. The molecule has 0 radical (unpaired) electrons. The highest BCUT2D eigenvalue weighted by molar-refractivity contribution is 6.31. The van der Waals surface area contributed by atoms with Crippen molar-refractivity contribution in [3.63, 3.8) is 0 Å². The average molecular weight is 333 g/mol. The largest absolute Gasteiger partial charge is 0.352 e. The molecular formula is C19H25ClN2O. The van der Waals surface area contributed by atoms with Crippen LogP contribution in [0.1, 0.15) is 54.4 Å². The highest BCUT2D eigenvalue weighted by atomic mass is 35.5. The van der Waals surface area contributed by atoms with Gasteiger partial charge in [-0.25, -0.2) is 0 Å². The highest BCUT2D eigenvalue weighted by Crippen LogP contribution is 2.28. The summed E-state index contributed by atoms with van der Waals surface area (Å²) < 4.78 is 1.98. The van der Waals surface area contributed by atoms with Crippen LogP contribution in [0.2, 0.25) is 5.02 Å². The molecule has 3 rings (SSSR count). The molecule has 1 aromatic heterocycles. The number of carbonyl (C=O) groups excluding carboxylic acids is 1. The van der Waals surface area contributed by atoms with Crippen molar-refractivity contribution in [2.45, 2.75) is 45.4 Å². The molecule has 3 nitrogen and oxygen atoms in total. The van der Waals surface area contributed by atoms with Crippen LogP contribution >= 0.6 is 11.6 Å². The van der Waals surface area contributed by atoms with Gasteiger partial charge >= 0.3 is 0 Å². The lowest BCUT2D eigenvalue weighted by Gasteiger charge is -2.14. The molecule has 1 aliphatic rings. The molecule has 1 aromatic carbocycles. The van der Waals surface area contributed by atoms with E-state index in [2.05, 4.69) is 5.32 Å². The molecule has 23 heavy (non-hydrogen) atoms. The van der Waals surface area contributed by atoms with E-state index >= 15 is 0 Å². The van der Waals surface area contributed by atoms with Gasteiger partial charge in [-0.15, -0.1) is 0 Å². The van der Waals surface area contributed by atoms with Gasteiger partial charge in [-0.2, -0.15) is 0 Å². The van der Waals surface area contributed by atoms with Gasteiger partial charge in [0.2, 0.25) is 0 Å². The van der Waals surface area contributed by atoms with Crippen LogP contribution in [-0.4, -0.2) is 17.0 Å². The van der Waals surface area contributed by atoms with Crippen LogP contribution in [0.4, 0.5) is 0 Å². The molecular weight excluding hydrogens is 308 g/mol. The molecule has 0 unspecified atom stereocenters. The number of benzene rings is 1. The normalized spacial score (nSPS) is 16.5. The van der Waals surface area contributed by atoms with Gasteiger partial charge < -0.3 is 9.88 Å². The fourth-order valence-corrected chi connectivity index (χ4v) is 4.02. The maximum Gasteiger partial charge on any atom is 0.253 e. The molecule has 0 saturated heterocycles. The van der Waals surface area contributed by atoms with E-state index in [1.54, 1.807) is 0 Å². The molecule has 0 spiro atoms. The van der Waals surface area contributed by atoms with Crippen LogP contribution < -0.4 is 5.32 Å². The van der Waals surface area contributed by atoms with Crippen molar-refractivity contribution >= 4 is 28.4 Å². The van der Waals surface area contributed by atoms with Crippen LogP contribution in [0.25, 0.3) is 10.9 Å². The van der Waals surface area contributed by atoms with Crippen molar-refractivity contribution < 1.29 is 4.79 Å². The van der Waals surface area contributed by atoms with Crippen LogP contribution in [0.5, 0.6) is 0 Å². The third-order valence-corrected chi connectivity index (χ3v) is 5.24. The Morgan fingerprint density at radius 3 is 2.65 bits per heavy atom. The summed E-state index contributed by atoms with van der Waals surface area (Å²) in [6, 6.07) is 3.85. The Labute approximate surface area is 143 Å². The Hall–Kier alpha value is -1.48. The number of aryl methyl sites for hydroxylation is 2. The predicted octanol–water partition coefficient (Wildman–Crippen LogP) is 4.84. The van der Waals surface area contributed by atoms with Crippen molar-refractivity contribution in [3.05, 3.63) is 34.5 Å². The van der Waals surface area contributed by atoms with Gasteiger partial charge in [0, 0.05) is 30.2 Å². The number of carbonyl (C=O) groups is 1. The lowest BCUT2D eigenvalue weighted by Crippen LogP contribution is -2.29. The van der Waals surface area contributed by atoms with Crippen LogP contribution in [0.15, 0.2) is 18.3 Å². The number of hydrogen-bond acceptors (Lipinski definition) is 1. The molecule has 1 fully saturated rings. The van der Waals surface area contributed by atoms with E-state index in [4.69, 9.17) is 11.6 Å². The SMILES string of the molecule is Cc1cc(Cl)cc2c1c(C(=O)NCC1CCCCCC1)cn2C. The highest BCUT2D eigenvalue weighted by Gasteiger charge is 2.18. The second-order valence-electron chi connectivity index (χ2n) is 6.84. The first-order chi connectivity index (χ1) is 11.1. The average Bonchev–Trinajstić information content (AvgIpc) is 2.71. The lowest BCUT2D eigenvalue weighted by atomic mass is 10.00. The lowest BCUT2D eigenvalue weighted by molar-refractivity contribution is 0.0947. The quantitative estimate of drug-likeness (QED) is 0.802. The topological polar surface area (TPSA) is 34.0 Å². The van der Waals surface area contributed by atoms with Gasteiger partial charge in [0.15, 0.2) is 0 Å². The molecule has 1 saturated carbocycles. The minimum Gasteiger partial charge on any atom is -0.352 e. The summed E-state index contributed by atoms with van der Waals surface area (Å²) in [7, 11) is 1.96. The standard InChI is InChI=1S/C19H25ClN2O/c1-13-9-15(20)10-17-18(13)16(12-22(17)2)19(23)21-11-14-7-5-3-4-6-8-14/h9-10,12,14H,3-8,11H2,1-2H3,(H,21,23). The number of fused-ring (bicyclic) bond motifs is 1. The summed E-state index contributed by atoms with van der Waals surface area (Å²) in [5.41, 5.74) is 2.81. The monoisotopic (exact) mass is 332 g/mol. The van der Waals surface area contributed by atoms with Gasteiger partial charge in [0.25, 0.3) is 5.91 Å². The van der Waals surface area contributed by atoms with E-state index in [1.807, 2.05) is 36.9 Å². The molecule has 1 N–H and O–H groups in total. The van der Waals surface area contributed by atoms with Gasteiger partial charge in [-0.1, -0.05) is 37.3 Å². The zero-order valence-electron chi connectivity index (χ0n) is 14.0. The van der Waals surface area contributed by atoms with Gasteiger partial charge in [-0.3, -0.25) is 4.79 Å². The van der Waals surface area contributed by atoms with E-state index in [1.165, 1.54) is 38.5 Å². The Bertz CT molecular complexity index is 712. The molecule has 0 bridgehead atoms. The molecule has 1 amide bonds. The van der Waals surface area contributed by atoms with Gasteiger partial charge in [-0.05, 0) is 43.4 Å². The Morgan fingerprint density at radius 1 is 1.26 bits per heavy atom.